The molecule has 0 saturated carbocycles. The molecule has 10 nitrogen and oxygen atoms in total. The van der Waals surface area contributed by atoms with Gasteiger partial charge < -0.3 is 24.6 Å². The second-order valence-corrected chi connectivity index (χ2v) is 17.2. The summed E-state index contributed by atoms with van der Waals surface area (Å²) < 4.78 is 32.8. The minimum atomic E-state index is -4.63. The number of aliphatic hydroxyl groups excluding tert-OH is 2. The molecule has 0 aromatic heterocycles. The van der Waals surface area contributed by atoms with Gasteiger partial charge >= 0.3 is 19.8 Å². The maximum Gasteiger partial charge on any atom is 0.472 e. The molecule has 0 aliphatic rings. The minimum Gasteiger partial charge on any atom is -0.462 e. The molecule has 0 fully saturated rings. The third-order valence-electron chi connectivity index (χ3n) is 9.84. The van der Waals surface area contributed by atoms with Gasteiger partial charge in [0.05, 0.1) is 19.8 Å². The molecule has 61 heavy (non-hydrogen) atoms. The van der Waals surface area contributed by atoms with E-state index < -0.39 is 51.8 Å². The Morgan fingerprint density at radius 2 is 0.902 bits per heavy atom. The summed E-state index contributed by atoms with van der Waals surface area (Å²) in [5, 5.41) is 18.4. The number of esters is 2. The molecule has 0 aliphatic heterocycles. The van der Waals surface area contributed by atoms with Crippen molar-refractivity contribution >= 4 is 19.8 Å². The summed E-state index contributed by atoms with van der Waals surface area (Å²) in [6.07, 6.45) is 52.9. The Hall–Kier alpha value is -2.59. The van der Waals surface area contributed by atoms with Gasteiger partial charge in [-0.05, 0) is 83.5 Å². The van der Waals surface area contributed by atoms with Gasteiger partial charge in [0.1, 0.15) is 12.7 Å². The number of hydrogen-bond acceptors (Lipinski definition) is 9. The van der Waals surface area contributed by atoms with Crippen LogP contribution in [0.4, 0.5) is 0 Å². The van der Waals surface area contributed by atoms with Gasteiger partial charge in [0.25, 0.3) is 0 Å². The van der Waals surface area contributed by atoms with E-state index in [1.165, 1.54) is 57.8 Å². The molecule has 0 rings (SSSR count). The van der Waals surface area contributed by atoms with Crippen molar-refractivity contribution < 1.29 is 47.8 Å². The number of aliphatic hydroxyl groups is 2. The molecule has 3 N–H and O–H groups in total. The number of carbonyl (C=O) groups is 2. The largest absolute Gasteiger partial charge is 0.472 e. The minimum absolute atomic E-state index is 0.172. The topological polar surface area (TPSA) is 149 Å². The van der Waals surface area contributed by atoms with Gasteiger partial charge in [-0.2, -0.15) is 0 Å². The average Bonchev–Trinajstić information content (AvgIpc) is 3.25. The molecule has 0 aliphatic carbocycles. The van der Waals surface area contributed by atoms with Crippen molar-refractivity contribution in [2.75, 3.05) is 26.4 Å². The molecule has 0 radical (unpaired) electrons. The molecule has 0 aromatic rings. The second-order valence-electron chi connectivity index (χ2n) is 15.7. The van der Waals surface area contributed by atoms with Crippen LogP contribution < -0.4 is 0 Å². The number of phosphoric ester groups is 1. The number of hydrogen-bond donors (Lipinski definition) is 3. The zero-order valence-corrected chi connectivity index (χ0v) is 39.3. The van der Waals surface area contributed by atoms with Crippen LogP contribution in [0.25, 0.3) is 0 Å². The zero-order chi connectivity index (χ0) is 44.8. The Balaban J connectivity index is 4.24. The molecule has 0 amide bonds. The van der Waals surface area contributed by atoms with Gasteiger partial charge in [-0.3, -0.25) is 18.6 Å². The van der Waals surface area contributed by atoms with E-state index in [1.807, 2.05) is 0 Å². The molecule has 0 heterocycles. The van der Waals surface area contributed by atoms with E-state index >= 15 is 0 Å². The maximum atomic E-state index is 12.7. The summed E-state index contributed by atoms with van der Waals surface area (Å²) in [6, 6.07) is 0. The average molecular weight is 879 g/mol. The zero-order valence-electron chi connectivity index (χ0n) is 38.4. The van der Waals surface area contributed by atoms with Crippen LogP contribution in [0.1, 0.15) is 194 Å². The summed E-state index contributed by atoms with van der Waals surface area (Å²) in [4.78, 5) is 35.1. The fourth-order valence-corrected chi connectivity index (χ4v) is 6.98. The lowest BCUT2D eigenvalue weighted by atomic mass is 10.0. The van der Waals surface area contributed by atoms with E-state index in [1.54, 1.807) is 0 Å². The van der Waals surface area contributed by atoms with Gasteiger partial charge in [-0.25, -0.2) is 4.57 Å². The molecule has 0 bridgehead atoms. The van der Waals surface area contributed by atoms with Crippen LogP contribution in [0.15, 0.2) is 72.9 Å². The fraction of sp³-hybridized carbons (Fsp3) is 0.720. The van der Waals surface area contributed by atoms with E-state index in [-0.39, 0.29) is 19.4 Å². The molecular formula is C50H87O10P. The van der Waals surface area contributed by atoms with Gasteiger partial charge in [-0.1, -0.05) is 170 Å². The number of rotatable bonds is 44. The highest BCUT2D eigenvalue weighted by molar-refractivity contribution is 7.47. The number of phosphoric acid groups is 1. The van der Waals surface area contributed by atoms with Crippen LogP contribution in [0.5, 0.6) is 0 Å². The lowest BCUT2D eigenvalue weighted by molar-refractivity contribution is -0.161. The second kappa shape index (κ2) is 45.4. The summed E-state index contributed by atoms with van der Waals surface area (Å²) in [5.74, 6) is -0.948. The fourth-order valence-electron chi connectivity index (χ4n) is 6.19. The van der Waals surface area contributed by atoms with Crippen LogP contribution in [-0.4, -0.2) is 65.7 Å². The first-order valence-electron chi connectivity index (χ1n) is 23.9. The summed E-state index contributed by atoms with van der Waals surface area (Å²) in [6.45, 7) is 2.22. The Morgan fingerprint density at radius 1 is 0.508 bits per heavy atom. The Kier molecular flexibility index (Phi) is 43.5. The van der Waals surface area contributed by atoms with Crippen LogP contribution in [0.3, 0.4) is 0 Å². The Bertz CT molecular complexity index is 1240. The molecule has 0 aromatic carbocycles. The Labute approximate surface area is 371 Å². The lowest BCUT2D eigenvalue weighted by Crippen LogP contribution is -2.29. The van der Waals surface area contributed by atoms with Crippen LogP contribution in [0.2, 0.25) is 0 Å². The lowest BCUT2D eigenvalue weighted by Gasteiger charge is -2.20. The predicted molar refractivity (Wildman–Crippen MR) is 251 cm³/mol. The highest BCUT2D eigenvalue weighted by Crippen LogP contribution is 2.43. The molecule has 3 atom stereocenters. The van der Waals surface area contributed by atoms with Crippen molar-refractivity contribution in [1.29, 1.82) is 0 Å². The van der Waals surface area contributed by atoms with Crippen LogP contribution in [0, 0.1) is 0 Å². The normalized spacial score (nSPS) is 14.4. The van der Waals surface area contributed by atoms with Crippen molar-refractivity contribution in [2.45, 2.75) is 206 Å². The van der Waals surface area contributed by atoms with E-state index in [0.29, 0.717) is 12.8 Å². The monoisotopic (exact) mass is 879 g/mol. The highest BCUT2D eigenvalue weighted by Gasteiger charge is 2.27. The van der Waals surface area contributed by atoms with Gasteiger partial charge in [0.15, 0.2) is 6.10 Å². The summed E-state index contributed by atoms with van der Waals surface area (Å²) >= 11 is 0. The van der Waals surface area contributed by atoms with Crippen molar-refractivity contribution in [3.8, 4) is 0 Å². The number of allylic oxidation sites excluding steroid dienone is 12. The Morgan fingerprint density at radius 3 is 1.36 bits per heavy atom. The molecule has 352 valence electrons. The smallest absolute Gasteiger partial charge is 0.462 e. The van der Waals surface area contributed by atoms with Crippen molar-refractivity contribution in [1.82, 2.24) is 0 Å². The third-order valence-corrected chi connectivity index (χ3v) is 10.8. The highest BCUT2D eigenvalue weighted by atomic mass is 31.2. The number of unbranched alkanes of at least 4 members (excludes halogenated alkanes) is 18. The SMILES string of the molecule is CC/C=C\C/C=C\C/C=C\C/C=C\CCCCCCCCCCCCC(=O)OC(COC(=O)CCCCCCC/C=C\C/C=C\CCCCC)COP(=O)(O)OCC(O)CO. The molecule has 11 heteroatoms. The van der Waals surface area contributed by atoms with E-state index in [0.717, 1.165) is 96.3 Å². The van der Waals surface area contributed by atoms with E-state index in [4.69, 9.17) is 23.6 Å². The molecule has 3 unspecified atom stereocenters. The van der Waals surface area contributed by atoms with Crippen LogP contribution in [-0.2, 0) is 32.7 Å². The molecular weight excluding hydrogens is 792 g/mol. The van der Waals surface area contributed by atoms with Crippen molar-refractivity contribution in [3.63, 3.8) is 0 Å². The van der Waals surface area contributed by atoms with Gasteiger partial charge in [0, 0.05) is 12.8 Å². The number of ether oxygens (including phenoxy) is 2. The standard InChI is InChI=1S/C50H87O10P/c1-3-5-7-9-11-13-15-17-19-20-21-22-23-24-25-26-28-30-32-34-36-38-40-42-50(54)60-48(46-59-61(55,56)58-44-47(52)43-51)45-57-49(53)41-39-37-35-33-31-29-27-18-16-14-12-10-8-6-4-2/h5,7,11-14,17-19,21-22,27,47-48,51-52H,3-4,6,8-10,15-16,20,23-26,28-46H2,1-2H3,(H,55,56)/b7-5-,13-11-,14-12-,19-17-,22-21-,27-18-. The van der Waals surface area contributed by atoms with Crippen molar-refractivity contribution in [3.05, 3.63) is 72.9 Å². The van der Waals surface area contributed by atoms with E-state index in [9.17, 15) is 24.2 Å². The van der Waals surface area contributed by atoms with Crippen molar-refractivity contribution in [2.24, 2.45) is 0 Å². The van der Waals surface area contributed by atoms with Crippen LogP contribution >= 0.6 is 7.82 Å². The maximum absolute atomic E-state index is 12.7. The first kappa shape index (κ1) is 58.4. The van der Waals surface area contributed by atoms with Gasteiger partial charge in [-0.15, -0.1) is 0 Å². The first-order valence-corrected chi connectivity index (χ1v) is 25.4. The van der Waals surface area contributed by atoms with Gasteiger partial charge in [0.2, 0.25) is 0 Å². The molecule has 0 spiro atoms. The third kappa shape index (κ3) is 45.3. The summed E-state index contributed by atoms with van der Waals surface area (Å²) in [5.41, 5.74) is 0. The first-order chi connectivity index (χ1) is 29.7. The summed E-state index contributed by atoms with van der Waals surface area (Å²) in [7, 11) is -4.63. The van der Waals surface area contributed by atoms with E-state index in [2.05, 4.69) is 86.8 Å². The predicted octanol–water partition coefficient (Wildman–Crippen LogP) is 13.2. The molecule has 0 saturated heterocycles. The quantitative estimate of drug-likeness (QED) is 0.0234. The number of carbonyl (C=O) groups excluding carboxylic acids is 2.